The SMILES string of the molecule is C=CCN(N)CC(=CC)N[C@@H](Cc1ccc(O)cc1F)C(=O)N(CCC=O)Cc1cccc(N2CC(N(C)CCN3CCOCC3)C2)n1. The fraction of sp³-hybridized carbons (Fsp3) is 0.514. The van der Waals surface area contributed by atoms with Gasteiger partial charge in [-0.15, -0.1) is 6.58 Å². The van der Waals surface area contributed by atoms with Crippen molar-refractivity contribution in [1.82, 2.24) is 30.0 Å². The van der Waals surface area contributed by atoms with Crippen molar-refractivity contribution >= 4 is 18.0 Å². The van der Waals surface area contributed by atoms with Crippen molar-refractivity contribution in [3.8, 4) is 5.75 Å². The summed E-state index contributed by atoms with van der Waals surface area (Å²) in [4.78, 5) is 39.2. The molecule has 3 heterocycles. The third-order valence-corrected chi connectivity index (χ3v) is 8.86. The van der Waals surface area contributed by atoms with Gasteiger partial charge in [0.25, 0.3) is 0 Å². The first-order valence-corrected chi connectivity index (χ1v) is 16.6. The first-order chi connectivity index (χ1) is 23.2. The lowest BCUT2D eigenvalue weighted by atomic mass is 10.0. The summed E-state index contributed by atoms with van der Waals surface area (Å²) in [5.41, 5.74) is 1.63. The molecule has 2 aromatic rings. The lowest BCUT2D eigenvalue weighted by Crippen LogP contribution is -2.59. The molecule has 1 aromatic heterocycles. The van der Waals surface area contributed by atoms with Crippen LogP contribution in [-0.4, -0.2) is 133 Å². The van der Waals surface area contributed by atoms with E-state index in [9.17, 15) is 19.1 Å². The van der Waals surface area contributed by atoms with E-state index in [-0.39, 0.29) is 43.2 Å². The van der Waals surface area contributed by atoms with Gasteiger partial charge in [-0.3, -0.25) is 20.4 Å². The van der Waals surface area contributed by atoms with E-state index >= 15 is 0 Å². The van der Waals surface area contributed by atoms with Crippen LogP contribution in [-0.2, 0) is 27.3 Å². The maximum absolute atomic E-state index is 14.9. The number of rotatable bonds is 19. The number of morpholine rings is 1. The summed E-state index contributed by atoms with van der Waals surface area (Å²) in [6, 6.07) is 9.23. The Morgan fingerprint density at radius 1 is 1.25 bits per heavy atom. The number of benzene rings is 1. The predicted octanol–water partition coefficient (Wildman–Crippen LogP) is 1.76. The van der Waals surface area contributed by atoms with Crippen LogP contribution in [0.15, 0.2) is 60.8 Å². The Kier molecular flexibility index (Phi) is 14.3. The number of anilines is 1. The Hall–Kier alpha value is -3.88. The second-order valence-corrected chi connectivity index (χ2v) is 12.4. The normalized spacial score (nSPS) is 16.5. The fourth-order valence-electron chi connectivity index (χ4n) is 5.87. The third kappa shape index (κ3) is 10.8. The van der Waals surface area contributed by atoms with Crippen molar-refractivity contribution in [2.75, 3.05) is 84.1 Å². The molecule has 4 rings (SSSR count). The number of aromatic hydroxyl groups is 1. The molecule has 0 radical (unpaired) electrons. The molecule has 4 N–H and O–H groups in total. The molecule has 13 heteroatoms. The van der Waals surface area contributed by atoms with Crippen LogP contribution in [0.25, 0.3) is 0 Å². The van der Waals surface area contributed by atoms with E-state index in [0.717, 1.165) is 70.7 Å². The topological polar surface area (TPSA) is 131 Å². The molecule has 2 aliphatic rings. The van der Waals surface area contributed by atoms with E-state index in [0.29, 0.717) is 30.5 Å². The zero-order chi connectivity index (χ0) is 34.5. The molecule has 48 heavy (non-hydrogen) atoms. The number of hydrazine groups is 1. The molecule has 0 aliphatic carbocycles. The molecule has 2 aliphatic heterocycles. The molecule has 1 aromatic carbocycles. The van der Waals surface area contributed by atoms with Crippen molar-refractivity contribution in [2.24, 2.45) is 5.84 Å². The highest BCUT2D eigenvalue weighted by atomic mass is 19.1. The quantitative estimate of drug-likeness (QED) is 0.0878. The lowest BCUT2D eigenvalue weighted by Gasteiger charge is -2.45. The second-order valence-electron chi connectivity index (χ2n) is 12.4. The smallest absolute Gasteiger partial charge is 0.245 e. The van der Waals surface area contributed by atoms with Gasteiger partial charge in [0.15, 0.2) is 0 Å². The van der Waals surface area contributed by atoms with E-state index in [1.54, 1.807) is 16.0 Å². The van der Waals surface area contributed by atoms with Crippen LogP contribution in [0.2, 0.25) is 0 Å². The van der Waals surface area contributed by atoms with Gasteiger partial charge < -0.3 is 29.8 Å². The van der Waals surface area contributed by atoms with Crippen molar-refractivity contribution in [2.45, 2.75) is 38.4 Å². The van der Waals surface area contributed by atoms with Crippen LogP contribution in [0.1, 0.15) is 24.6 Å². The Balaban J connectivity index is 1.45. The average Bonchev–Trinajstić information content (AvgIpc) is 3.06. The number of nitrogens with two attached hydrogens (primary N) is 1. The highest BCUT2D eigenvalue weighted by Gasteiger charge is 2.32. The number of hydrogen-bond acceptors (Lipinski definition) is 11. The van der Waals surface area contributed by atoms with E-state index in [4.69, 9.17) is 15.6 Å². The fourth-order valence-corrected chi connectivity index (χ4v) is 5.87. The minimum atomic E-state index is -0.883. The summed E-state index contributed by atoms with van der Waals surface area (Å²) in [5.74, 6) is 5.82. The molecule has 1 atom stereocenters. The summed E-state index contributed by atoms with van der Waals surface area (Å²) in [6.07, 6.45) is 4.42. The number of hydrogen-bond donors (Lipinski definition) is 3. The highest BCUT2D eigenvalue weighted by Crippen LogP contribution is 2.23. The molecule has 0 spiro atoms. The average molecular weight is 667 g/mol. The molecule has 0 saturated carbocycles. The Bertz CT molecular complexity index is 1380. The molecule has 12 nitrogen and oxygen atoms in total. The van der Waals surface area contributed by atoms with Gasteiger partial charge >= 0.3 is 0 Å². The highest BCUT2D eigenvalue weighted by molar-refractivity contribution is 5.82. The van der Waals surface area contributed by atoms with E-state index < -0.39 is 11.9 Å². The van der Waals surface area contributed by atoms with Crippen LogP contribution >= 0.6 is 0 Å². The number of aldehydes is 1. The number of aromatic nitrogens is 1. The number of nitrogens with one attached hydrogen (secondary N) is 1. The number of pyridine rings is 1. The second kappa shape index (κ2) is 18.6. The van der Waals surface area contributed by atoms with Crippen LogP contribution in [0.4, 0.5) is 10.2 Å². The van der Waals surface area contributed by atoms with Gasteiger partial charge in [0, 0.05) is 83.0 Å². The molecular formula is C35H51FN8O4. The van der Waals surface area contributed by atoms with Crippen molar-refractivity contribution in [3.63, 3.8) is 0 Å². The molecule has 0 unspecified atom stereocenters. The number of carbonyl (C=O) groups is 2. The van der Waals surface area contributed by atoms with Crippen LogP contribution in [0, 0.1) is 5.82 Å². The summed E-state index contributed by atoms with van der Waals surface area (Å²) in [7, 11) is 2.17. The Morgan fingerprint density at radius 3 is 2.71 bits per heavy atom. The monoisotopic (exact) mass is 666 g/mol. The number of phenolic OH excluding ortho intramolecular Hbond substituents is 1. The lowest BCUT2D eigenvalue weighted by molar-refractivity contribution is -0.134. The van der Waals surface area contributed by atoms with E-state index in [2.05, 4.69) is 33.6 Å². The molecular weight excluding hydrogens is 615 g/mol. The summed E-state index contributed by atoms with van der Waals surface area (Å²) < 4.78 is 20.3. The predicted molar refractivity (Wildman–Crippen MR) is 185 cm³/mol. The van der Waals surface area contributed by atoms with Crippen molar-refractivity contribution < 1.29 is 23.8 Å². The number of allylic oxidation sites excluding steroid dienone is 1. The van der Waals surface area contributed by atoms with Gasteiger partial charge in [0.2, 0.25) is 5.91 Å². The van der Waals surface area contributed by atoms with E-state index in [1.807, 2.05) is 31.2 Å². The van der Waals surface area contributed by atoms with Crippen molar-refractivity contribution in [1.29, 1.82) is 0 Å². The number of ether oxygens (including phenoxy) is 1. The number of nitrogens with zero attached hydrogens (tertiary/aromatic N) is 6. The number of carbonyl (C=O) groups excluding carboxylic acids is 2. The minimum absolute atomic E-state index is 0.00754. The molecule has 1 amide bonds. The molecule has 2 fully saturated rings. The van der Waals surface area contributed by atoms with Crippen molar-refractivity contribution in [3.05, 3.63) is 77.9 Å². The largest absolute Gasteiger partial charge is 0.508 e. The summed E-state index contributed by atoms with van der Waals surface area (Å²) in [6.45, 7) is 14.0. The van der Waals surface area contributed by atoms with E-state index in [1.165, 1.54) is 12.1 Å². The molecule has 2 saturated heterocycles. The maximum Gasteiger partial charge on any atom is 0.245 e. The van der Waals surface area contributed by atoms with Gasteiger partial charge in [-0.2, -0.15) is 0 Å². The number of amides is 1. The molecule has 262 valence electrons. The molecule has 0 bridgehead atoms. The number of halogens is 1. The first-order valence-electron chi connectivity index (χ1n) is 16.6. The Morgan fingerprint density at radius 2 is 2.02 bits per heavy atom. The zero-order valence-corrected chi connectivity index (χ0v) is 28.3. The number of likely N-dealkylation sites (N-methyl/N-ethyl adjacent to an activating group) is 1. The first kappa shape index (κ1) is 36.9. The maximum atomic E-state index is 14.9. The van der Waals surface area contributed by atoms with Gasteiger partial charge in [0.1, 0.15) is 29.7 Å². The Labute approximate surface area is 283 Å². The minimum Gasteiger partial charge on any atom is -0.508 e. The standard InChI is InChI=1S/C35H51FN8O4/c1-4-12-44(37)24-28(5-2)38-33(21-27-10-11-31(46)22-32(27)36)35(47)42(13-7-18-45)23-29-8-6-9-34(39-29)43-25-30(26-43)40(3)14-15-41-16-19-48-20-17-41/h4-6,8-11,18,22,30,33,38,46H,1,7,12-17,19-21,23-26,37H2,2-3H3/t33-/m0/s1. The van der Waals surface area contributed by atoms with Crippen LogP contribution in [0.3, 0.4) is 0 Å². The van der Waals surface area contributed by atoms with Gasteiger partial charge in [-0.25, -0.2) is 14.4 Å². The van der Waals surface area contributed by atoms with Crippen LogP contribution < -0.4 is 16.1 Å². The summed E-state index contributed by atoms with van der Waals surface area (Å²) in [5, 5.41) is 14.6. The number of phenols is 1. The summed E-state index contributed by atoms with van der Waals surface area (Å²) >= 11 is 0. The van der Waals surface area contributed by atoms with Gasteiger partial charge in [-0.05, 0) is 37.7 Å². The zero-order valence-electron chi connectivity index (χ0n) is 28.3. The van der Waals surface area contributed by atoms with Crippen LogP contribution in [0.5, 0.6) is 5.75 Å². The third-order valence-electron chi connectivity index (χ3n) is 8.86. The van der Waals surface area contributed by atoms with Gasteiger partial charge in [-0.1, -0.05) is 24.3 Å². The van der Waals surface area contributed by atoms with Gasteiger partial charge in [0.05, 0.1) is 32.0 Å².